The number of hydrogen-bond acceptors (Lipinski definition) is 5. The molecule has 0 bridgehead atoms. The first-order valence-electron chi connectivity index (χ1n) is 7.45. The molecule has 3 heterocycles. The fourth-order valence-electron chi connectivity index (χ4n) is 2.48. The molecule has 6 heteroatoms. The van der Waals surface area contributed by atoms with Crippen molar-refractivity contribution in [3.63, 3.8) is 0 Å². The van der Waals surface area contributed by atoms with Crippen molar-refractivity contribution in [1.82, 2.24) is 10.3 Å². The number of amides is 1. The Bertz CT molecular complexity index is 874. The highest BCUT2D eigenvalue weighted by Gasteiger charge is 2.16. The van der Waals surface area contributed by atoms with Gasteiger partial charge in [-0.25, -0.2) is 0 Å². The maximum absolute atomic E-state index is 12.3. The molecule has 4 rings (SSSR count). The van der Waals surface area contributed by atoms with E-state index < -0.39 is 0 Å². The summed E-state index contributed by atoms with van der Waals surface area (Å²) in [6.45, 7) is 0.556. The normalized spacial score (nSPS) is 12.2. The van der Waals surface area contributed by atoms with Gasteiger partial charge in [0, 0.05) is 30.1 Å². The quantitative estimate of drug-likeness (QED) is 0.799. The number of ether oxygens (including phenoxy) is 2. The molecule has 1 amide bonds. The van der Waals surface area contributed by atoms with Crippen molar-refractivity contribution in [3.8, 4) is 22.8 Å². The molecule has 0 aliphatic carbocycles. The van der Waals surface area contributed by atoms with E-state index >= 15 is 0 Å². The lowest BCUT2D eigenvalue weighted by Crippen LogP contribution is -2.22. The Morgan fingerprint density at radius 3 is 2.92 bits per heavy atom. The lowest BCUT2D eigenvalue weighted by Gasteiger charge is -2.07. The van der Waals surface area contributed by atoms with Gasteiger partial charge in [0.2, 0.25) is 6.79 Å². The summed E-state index contributed by atoms with van der Waals surface area (Å²) in [5.41, 5.74) is 2.28. The minimum Gasteiger partial charge on any atom is -0.464 e. The van der Waals surface area contributed by atoms with Crippen LogP contribution in [0.2, 0.25) is 0 Å². The number of carbonyl (C=O) groups excluding carboxylic acids is 1. The maximum atomic E-state index is 12.3. The highest BCUT2D eigenvalue weighted by molar-refractivity contribution is 5.94. The Morgan fingerprint density at radius 2 is 2.04 bits per heavy atom. The molecule has 2 aromatic heterocycles. The summed E-state index contributed by atoms with van der Waals surface area (Å²) in [5.74, 6) is 1.80. The number of aromatic nitrogens is 1. The molecule has 3 aromatic rings. The molecule has 0 atom stereocenters. The van der Waals surface area contributed by atoms with Gasteiger partial charge in [0.05, 0.1) is 6.26 Å². The number of nitrogens with one attached hydrogen (secondary N) is 1. The first-order chi connectivity index (χ1) is 11.8. The number of benzene rings is 1. The van der Waals surface area contributed by atoms with Gasteiger partial charge in [0.25, 0.3) is 5.91 Å². The second kappa shape index (κ2) is 6.08. The molecule has 0 saturated heterocycles. The van der Waals surface area contributed by atoms with E-state index in [-0.39, 0.29) is 12.7 Å². The van der Waals surface area contributed by atoms with E-state index in [9.17, 15) is 4.79 Å². The van der Waals surface area contributed by atoms with Gasteiger partial charge >= 0.3 is 0 Å². The van der Waals surface area contributed by atoms with Crippen LogP contribution in [-0.2, 0) is 6.54 Å². The van der Waals surface area contributed by atoms with E-state index in [1.165, 1.54) is 0 Å². The van der Waals surface area contributed by atoms with Crippen LogP contribution in [0.5, 0.6) is 11.5 Å². The molecule has 1 aliphatic rings. The van der Waals surface area contributed by atoms with Crippen LogP contribution in [0.15, 0.2) is 59.5 Å². The van der Waals surface area contributed by atoms with Gasteiger partial charge in [-0.1, -0.05) is 0 Å². The van der Waals surface area contributed by atoms with E-state index in [4.69, 9.17) is 13.9 Å². The molecular weight excluding hydrogens is 308 g/mol. The third-order valence-corrected chi connectivity index (χ3v) is 3.69. The molecular formula is C18H14N2O4. The van der Waals surface area contributed by atoms with Crippen LogP contribution in [0.3, 0.4) is 0 Å². The smallest absolute Gasteiger partial charge is 0.251 e. The Hall–Kier alpha value is -3.28. The van der Waals surface area contributed by atoms with Gasteiger partial charge < -0.3 is 19.2 Å². The highest BCUT2D eigenvalue weighted by Crippen LogP contribution is 2.32. The molecule has 0 saturated carbocycles. The number of nitrogens with zero attached hydrogens (tertiary/aromatic N) is 1. The van der Waals surface area contributed by atoms with Crippen molar-refractivity contribution >= 4 is 5.91 Å². The van der Waals surface area contributed by atoms with Gasteiger partial charge in [-0.05, 0) is 42.0 Å². The minimum absolute atomic E-state index is 0.184. The Morgan fingerprint density at radius 1 is 1.12 bits per heavy atom. The maximum Gasteiger partial charge on any atom is 0.251 e. The SMILES string of the molecule is O=C(NCc1cncc(-c2ccco2)c1)c1ccc2c(c1)OCO2. The highest BCUT2D eigenvalue weighted by atomic mass is 16.7. The topological polar surface area (TPSA) is 73.6 Å². The monoisotopic (exact) mass is 322 g/mol. The van der Waals surface area contributed by atoms with E-state index in [0.29, 0.717) is 23.6 Å². The van der Waals surface area contributed by atoms with Crippen molar-refractivity contribution in [2.45, 2.75) is 6.54 Å². The van der Waals surface area contributed by atoms with Crippen LogP contribution in [0.25, 0.3) is 11.3 Å². The first kappa shape index (κ1) is 14.3. The first-order valence-corrected chi connectivity index (χ1v) is 7.45. The number of hydrogen-bond donors (Lipinski definition) is 1. The second-order valence-electron chi connectivity index (χ2n) is 5.31. The Balaban J connectivity index is 1.45. The number of furan rings is 1. The van der Waals surface area contributed by atoms with Gasteiger partial charge in [-0.15, -0.1) is 0 Å². The summed E-state index contributed by atoms with van der Waals surface area (Å²) < 4.78 is 15.9. The zero-order valence-electron chi connectivity index (χ0n) is 12.7. The molecule has 120 valence electrons. The van der Waals surface area contributed by atoms with Crippen molar-refractivity contribution in [2.75, 3.05) is 6.79 Å². The number of carbonyl (C=O) groups is 1. The Kier molecular flexibility index (Phi) is 3.63. The second-order valence-corrected chi connectivity index (χ2v) is 5.31. The third-order valence-electron chi connectivity index (χ3n) is 3.69. The average Bonchev–Trinajstić information content (AvgIpc) is 3.30. The fourth-order valence-corrected chi connectivity index (χ4v) is 2.48. The van der Waals surface area contributed by atoms with Crippen molar-refractivity contribution in [3.05, 3.63) is 66.2 Å². The standard InChI is InChI=1S/C18H14N2O4/c21-18(13-3-4-16-17(7-13)24-11-23-16)20-9-12-6-14(10-19-8-12)15-2-1-5-22-15/h1-8,10H,9,11H2,(H,20,21). The van der Waals surface area contributed by atoms with Gasteiger partial charge in [-0.2, -0.15) is 0 Å². The number of pyridine rings is 1. The molecule has 1 aromatic carbocycles. The number of rotatable bonds is 4. The summed E-state index contributed by atoms with van der Waals surface area (Å²) >= 11 is 0. The van der Waals surface area contributed by atoms with Crippen LogP contribution in [0.4, 0.5) is 0 Å². The molecule has 0 radical (unpaired) electrons. The molecule has 0 fully saturated rings. The summed E-state index contributed by atoms with van der Waals surface area (Å²) in [7, 11) is 0. The largest absolute Gasteiger partial charge is 0.464 e. The molecule has 0 spiro atoms. The van der Waals surface area contributed by atoms with Crippen molar-refractivity contribution in [1.29, 1.82) is 0 Å². The van der Waals surface area contributed by atoms with Crippen LogP contribution < -0.4 is 14.8 Å². The van der Waals surface area contributed by atoms with E-state index in [1.54, 1.807) is 36.9 Å². The molecule has 1 N–H and O–H groups in total. The van der Waals surface area contributed by atoms with E-state index in [1.807, 2.05) is 18.2 Å². The number of fused-ring (bicyclic) bond motifs is 1. The van der Waals surface area contributed by atoms with Crippen molar-refractivity contribution < 1.29 is 18.7 Å². The molecule has 6 nitrogen and oxygen atoms in total. The van der Waals surface area contributed by atoms with Crippen LogP contribution >= 0.6 is 0 Å². The summed E-state index contributed by atoms with van der Waals surface area (Å²) in [5, 5.41) is 2.87. The van der Waals surface area contributed by atoms with Crippen LogP contribution in [0.1, 0.15) is 15.9 Å². The van der Waals surface area contributed by atoms with E-state index in [0.717, 1.165) is 16.9 Å². The Labute approximate surface area is 138 Å². The lowest BCUT2D eigenvalue weighted by atomic mass is 10.1. The van der Waals surface area contributed by atoms with Crippen LogP contribution in [-0.4, -0.2) is 17.7 Å². The summed E-state index contributed by atoms with van der Waals surface area (Å²) in [6, 6.07) is 10.7. The summed E-state index contributed by atoms with van der Waals surface area (Å²) in [4.78, 5) is 16.5. The zero-order valence-corrected chi connectivity index (χ0v) is 12.7. The van der Waals surface area contributed by atoms with Crippen LogP contribution in [0, 0.1) is 0 Å². The average molecular weight is 322 g/mol. The predicted octanol–water partition coefficient (Wildman–Crippen LogP) is 3.00. The van der Waals surface area contributed by atoms with Gasteiger partial charge in [0.1, 0.15) is 5.76 Å². The molecule has 1 aliphatic heterocycles. The zero-order chi connectivity index (χ0) is 16.4. The van der Waals surface area contributed by atoms with Gasteiger partial charge in [-0.3, -0.25) is 9.78 Å². The summed E-state index contributed by atoms with van der Waals surface area (Å²) in [6.07, 6.45) is 5.05. The predicted molar refractivity (Wildman–Crippen MR) is 85.7 cm³/mol. The third kappa shape index (κ3) is 2.81. The molecule has 24 heavy (non-hydrogen) atoms. The van der Waals surface area contributed by atoms with E-state index in [2.05, 4.69) is 10.3 Å². The molecule has 0 unspecified atom stereocenters. The minimum atomic E-state index is -0.184. The van der Waals surface area contributed by atoms with Gasteiger partial charge in [0.15, 0.2) is 11.5 Å². The van der Waals surface area contributed by atoms with Crippen molar-refractivity contribution in [2.24, 2.45) is 0 Å². The fraction of sp³-hybridized carbons (Fsp3) is 0.111. The lowest BCUT2D eigenvalue weighted by molar-refractivity contribution is 0.0950.